The quantitative estimate of drug-likeness (QED) is 0.255. The maximum atomic E-state index is 7.70. The standard InChI is InChI=1S/C32H51N3S2/c1-22(2)7-6-12-28(3)20-31(28)14-11-26-27-9-8-23-17-25(37-36-19-24-18-34-21-35-24)10-13-29(23,4)32(27,33)16-15-30(26,31)5/h8,18,21-22,25-27H,6-7,9-17,19-20,33H2,1-5H3,(H,34,35)/t25-,26-,27?,28-,29-,30-,31-,32+/m0/s1. The molecule has 3 N–H and O–H groups in total. The lowest BCUT2D eigenvalue weighted by molar-refractivity contribution is -0.0724. The van der Waals surface area contributed by atoms with E-state index in [1.54, 1.807) is 11.9 Å². The highest BCUT2D eigenvalue weighted by molar-refractivity contribution is 8.76. The largest absolute Gasteiger partial charge is 0.348 e. The zero-order valence-corrected chi connectivity index (χ0v) is 25.7. The van der Waals surface area contributed by atoms with E-state index in [1.807, 2.05) is 17.0 Å². The van der Waals surface area contributed by atoms with E-state index in [0.29, 0.717) is 27.4 Å². The van der Waals surface area contributed by atoms with Gasteiger partial charge in [-0.3, -0.25) is 0 Å². The van der Waals surface area contributed by atoms with Gasteiger partial charge in [0.05, 0.1) is 6.33 Å². The zero-order valence-electron chi connectivity index (χ0n) is 24.1. The first-order valence-corrected chi connectivity index (χ1v) is 17.7. The van der Waals surface area contributed by atoms with E-state index < -0.39 is 0 Å². The summed E-state index contributed by atoms with van der Waals surface area (Å²) in [6, 6.07) is 0. The normalized spacial score (nSPS) is 46.5. The Morgan fingerprint density at radius 1 is 1.11 bits per heavy atom. The fourth-order valence-electron chi connectivity index (χ4n) is 10.6. The van der Waals surface area contributed by atoms with Crippen molar-refractivity contribution in [2.45, 2.75) is 128 Å². The van der Waals surface area contributed by atoms with Crippen molar-refractivity contribution in [3.8, 4) is 0 Å². The van der Waals surface area contributed by atoms with Gasteiger partial charge >= 0.3 is 0 Å². The van der Waals surface area contributed by atoms with Gasteiger partial charge in [-0.25, -0.2) is 4.98 Å². The molecule has 206 valence electrons. The minimum atomic E-state index is -0.00553. The summed E-state index contributed by atoms with van der Waals surface area (Å²) in [5.74, 6) is 3.35. The van der Waals surface area contributed by atoms with Crippen LogP contribution in [0.25, 0.3) is 0 Å². The molecule has 1 aromatic heterocycles. The molecule has 0 radical (unpaired) electrons. The van der Waals surface area contributed by atoms with E-state index >= 15 is 0 Å². The number of rotatable bonds is 8. The summed E-state index contributed by atoms with van der Waals surface area (Å²) in [6.07, 6.45) is 22.8. The molecule has 4 fully saturated rings. The van der Waals surface area contributed by atoms with Crippen LogP contribution in [0.15, 0.2) is 24.2 Å². The monoisotopic (exact) mass is 541 g/mol. The van der Waals surface area contributed by atoms with Crippen molar-refractivity contribution in [1.82, 2.24) is 9.97 Å². The molecule has 5 aliphatic carbocycles. The van der Waals surface area contributed by atoms with E-state index in [9.17, 15) is 0 Å². The molecular formula is C32H51N3S2. The summed E-state index contributed by atoms with van der Waals surface area (Å²) < 4.78 is 0. The lowest BCUT2D eigenvalue weighted by Crippen LogP contribution is -2.67. The van der Waals surface area contributed by atoms with E-state index in [2.05, 4.69) is 61.5 Å². The number of hydrogen-bond acceptors (Lipinski definition) is 4. The maximum absolute atomic E-state index is 7.70. The molecule has 0 amide bonds. The molecule has 1 unspecified atom stereocenters. The van der Waals surface area contributed by atoms with Gasteiger partial charge in [-0.05, 0) is 98.2 Å². The number of nitrogens with zero attached hydrogens (tertiary/aromatic N) is 1. The number of imidazole rings is 1. The minimum absolute atomic E-state index is 0.00553. The predicted octanol–water partition coefficient (Wildman–Crippen LogP) is 8.93. The van der Waals surface area contributed by atoms with Crippen molar-refractivity contribution in [1.29, 1.82) is 0 Å². The number of nitrogens with two attached hydrogens (primary N) is 1. The van der Waals surface area contributed by atoms with Crippen molar-refractivity contribution >= 4 is 21.6 Å². The number of aromatic amines is 1. The lowest BCUT2D eigenvalue weighted by atomic mass is 9.43. The molecule has 0 aromatic carbocycles. The average Bonchev–Trinajstić information content (AvgIpc) is 3.15. The minimum Gasteiger partial charge on any atom is -0.348 e. The molecule has 6 rings (SSSR count). The van der Waals surface area contributed by atoms with Crippen molar-refractivity contribution in [3.63, 3.8) is 0 Å². The van der Waals surface area contributed by atoms with Crippen LogP contribution in [0.3, 0.4) is 0 Å². The van der Waals surface area contributed by atoms with Crippen LogP contribution < -0.4 is 5.73 Å². The number of hydrogen-bond donors (Lipinski definition) is 2. The summed E-state index contributed by atoms with van der Waals surface area (Å²) in [5.41, 5.74) is 12.5. The van der Waals surface area contributed by atoms with Gasteiger partial charge in [0.2, 0.25) is 0 Å². The lowest BCUT2D eigenvalue weighted by Gasteiger charge is -2.64. The van der Waals surface area contributed by atoms with Crippen LogP contribution in [0.4, 0.5) is 0 Å². The molecular weight excluding hydrogens is 491 g/mol. The second kappa shape index (κ2) is 9.33. The Bertz CT molecular complexity index is 1020. The molecule has 5 aliphatic rings. The topological polar surface area (TPSA) is 54.7 Å². The van der Waals surface area contributed by atoms with Crippen LogP contribution in [0.2, 0.25) is 0 Å². The van der Waals surface area contributed by atoms with Crippen LogP contribution in [0.5, 0.6) is 0 Å². The molecule has 4 saturated carbocycles. The second-order valence-electron chi connectivity index (χ2n) is 14.9. The van der Waals surface area contributed by atoms with Gasteiger partial charge in [0, 0.05) is 33.8 Å². The van der Waals surface area contributed by atoms with Gasteiger partial charge in [-0.1, -0.05) is 80.7 Å². The van der Waals surface area contributed by atoms with Gasteiger partial charge < -0.3 is 10.7 Å². The van der Waals surface area contributed by atoms with Crippen molar-refractivity contribution < 1.29 is 0 Å². The molecule has 8 atom stereocenters. The number of H-pyrrole nitrogens is 1. The van der Waals surface area contributed by atoms with Crippen LogP contribution in [0, 0.1) is 39.4 Å². The van der Waals surface area contributed by atoms with Crippen LogP contribution >= 0.6 is 21.6 Å². The zero-order chi connectivity index (χ0) is 26.1. The number of allylic oxidation sites excluding steroid dienone is 1. The summed E-state index contributed by atoms with van der Waals surface area (Å²) in [6.45, 7) is 12.7. The third-order valence-electron chi connectivity index (χ3n) is 13.0. The first kappa shape index (κ1) is 26.8. The van der Waals surface area contributed by atoms with E-state index in [1.165, 1.54) is 82.7 Å². The first-order valence-electron chi connectivity index (χ1n) is 15.3. The highest BCUT2D eigenvalue weighted by Gasteiger charge is 2.77. The Kier molecular flexibility index (Phi) is 6.76. The summed E-state index contributed by atoms with van der Waals surface area (Å²) in [7, 11) is 4.09. The molecule has 0 saturated heterocycles. The van der Waals surface area contributed by atoms with Gasteiger partial charge in [0.1, 0.15) is 0 Å². The van der Waals surface area contributed by atoms with E-state index in [0.717, 1.165) is 17.6 Å². The van der Waals surface area contributed by atoms with Crippen molar-refractivity contribution in [3.05, 3.63) is 29.9 Å². The van der Waals surface area contributed by atoms with Gasteiger partial charge in [-0.2, -0.15) is 0 Å². The van der Waals surface area contributed by atoms with Gasteiger partial charge in [-0.15, -0.1) is 0 Å². The molecule has 0 aliphatic heterocycles. The number of fused-ring (bicyclic) bond motifs is 6. The van der Waals surface area contributed by atoms with E-state index in [4.69, 9.17) is 5.73 Å². The maximum Gasteiger partial charge on any atom is 0.0921 e. The molecule has 1 heterocycles. The van der Waals surface area contributed by atoms with Crippen molar-refractivity contribution in [2.24, 2.45) is 45.1 Å². The van der Waals surface area contributed by atoms with Crippen LogP contribution in [-0.2, 0) is 5.75 Å². The highest BCUT2D eigenvalue weighted by Crippen LogP contribution is 2.84. The van der Waals surface area contributed by atoms with Crippen molar-refractivity contribution in [2.75, 3.05) is 0 Å². The van der Waals surface area contributed by atoms with E-state index in [-0.39, 0.29) is 11.0 Å². The van der Waals surface area contributed by atoms with Gasteiger partial charge in [0.25, 0.3) is 0 Å². The fraction of sp³-hybridized carbons (Fsp3) is 0.844. The Morgan fingerprint density at radius 3 is 2.70 bits per heavy atom. The van der Waals surface area contributed by atoms with Gasteiger partial charge in [0.15, 0.2) is 0 Å². The molecule has 1 aromatic rings. The Labute approximate surface area is 234 Å². The fourth-order valence-corrected chi connectivity index (χ4v) is 13.2. The molecule has 1 spiro atoms. The Morgan fingerprint density at radius 2 is 1.95 bits per heavy atom. The average molecular weight is 542 g/mol. The smallest absolute Gasteiger partial charge is 0.0921 e. The summed E-state index contributed by atoms with van der Waals surface area (Å²) in [5, 5.41) is 0.717. The second-order valence-corrected chi connectivity index (χ2v) is 17.6. The highest BCUT2D eigenvalue weighted by atomic mass is 33.1. The molecule has 5 heteroatoms. The molecule has 0 bridgehead atoms. The number of aromatic nitrogens is 2. The summed E-state index contributed by atoms with van der Waals surface area (Å²) in [4.78, 5) is 7.40. The molecule has 37 heavy (non-hydrogen) atoms. The van der Waals surface area contributed by atoms with Crippen LogP contribution in [-0.4, -0.2) is 20.8 Å². The predicted molar refractivity (Wildman–Crippen MR) is 160 cm³/mol. The van der Waals surface area contributed by atoms with Crippen LogP contribution in [0.1, 0.15) is 117 Å². The first-order chi connectivity index (χ1) is 17.6. The molecule has 3 nitrogen and oxygen atoms in total. The SMILES string of the molecule is CC(C)CCC[C@@]1(C)C[C@@]12CC[C@H]1C3CC=C4C[C@@H](SSCc5cnc[nH]5)CC[C@]4(C)[C@@]3(N)CC[C@@]12C. The summed E-state index contributed by atoms with van der Waals surface area (Å²) >= 11 is 0. The third kappa shape index (κ3) is 3.97. The number of nitrogens with one attached hydrogen (secondary N) is 1. The third-order valence-corrected chi connectivity index (χ3v) is 15.8. The Balaban J connectivity index is 1.15. The Hall–Kier alpha value is -0.390.